The van der Waals surface area contributed by atoms with Gasteiger partial charge in [-0.15, -0.1) is 0 Å². The standard InChI is InChI=1S/C24H31N3O7S/c1-18(28)34-23(19-7-5-4-6-8-19)24(29)27-14-12-26(13-15-27)21-17-20(9-10-22(21)33-3)35(30,31)25-11-16-32-2/h4-10,17,23,25H,11-16H2,1-3H3/t23-/m0/s1. The van der Waals surface area contributed by atoms with Crippen molar-refractivity contribution in [3.63, 3.8) is 0 Å². The number of anilines is 1. The molecule has 1 atom stereocenters. The zero-order valence-corrected chi connectivity index (χ0v) is 20.9. The third-order valence-corrected chi connectivity index (χ3v) is 7.06. The first-order valence-corrected chi connectivity index (χ1v) is 12.7. The Labute approximate surface area is 205 Å². The van der Waals surface area contributed by atoms with Gasteiger partial charge in [0.25, 0.3) is 5.91 Å². The van der Waals surface area contributed by atoms with Crippen molar-refractivity contribution in [2.24, 2.45) is 0 Å². The zero-order chi connectivity index (χ0) is 25.4. The first-order chi connectivity index (χ1) is 16.8. The fourth-order valence-corrected chi connectivity index (χ4v) is 4.87. The number of nitrogens with zero attached hydrogens (tertiary/aromatic N) is 2. The molecule has 1 saturated heterocycles. The highest BCUT2D eigenvalue weighted by molar-refractivity contribution is 7.89. The van der Waals surface area contributed by atoms with Gasteiger partial charge in [-0.2, -0.15) is 0 Å². The van der Waals surface area contributed by atoms with Crippen LogP contribution in [-0.4, -0.2) is 78.7 Å². The van der Waals surface area contributed by atoms with Crippen LogP contribution >= 0.6 is 0 Å². The van der Waals surface area contributed by atoms with E-state index in [0.29, 0.717) is 43.2 Å². The Bertz CT molecular complexity index is 1120. The van der Waals surface area contributed by atoms with Crippen LogP contribution in [0, 0.1) is 0 Å². The summed E-state index contributed by atoms with van der Waals surface area (Å²) in [5, 5.41) is 0. The van der Waals surface area contributed by atoms with Crippen LogP contribution in [-0.2, 0) is 29.1 Å². The quantitative estimate of drug-likeness (QED) is 0.382. The Hall–Kier alpha value is -3.15. The largest absolute Gasteiger partial charge is 0.495 e. The van der Waals surface area contributed by atoms with E-state index in [1.807, 2.05) is 11.0 Å². The molecule has 2 aromatic carbocycles. The lowest BCUT2D eigenvalue weighted by Crippen LogP contribution is -2.50. The molecule has 0 aromatic heterocycles. The van der Waals surface area contributed by atoms with E-state index >= 15 is 0 Å². The fraction of sp³-hybridized carbons (Fsp3) is 0.417. The highest BCUT2D eigenvalue weighted by Gasteiger charge is 2.31. The lowest BCUT2D eigenvalue weighted by Gasteiger charge is -2.38. The normalized spacial score (nSPS) is 14.9. The van der Waals surface area contributed by atoms with Crippen molar-refractivity contribution in [2.75, 3.05) is 58.5 Å². The van der Waals surface area contributed by atoms with Crippen molar-refractivity contribution in [2.45, 2.75) is 17.9 Å². The van der Waals surface area contributed by atoms with Crippen LogP contribution in [0.1, 0.15) is 18.6 Å². The molecule has 3 rings (SSSR count). The van der Waals surface area contributed by atoms with Crippen molar-refractivity contribution in [3.8, 4) is 5.75 Å². The van der Waals surface area contributed by atoms with Gasteiger partial charge in [-0.05, 0) is 18.2 Å². The summed E-state index contributed by atoms with van der Waals surface area (Å²) in [5.74, 6) is -0.299. The number of methoxy groups -OCH3 is 2. The van der Waals surface area contributed by atoms with Crippen LogP contribution in [0.2, 0.25) is 0 Å². The first-order valence-electron chi connectivity index (χ1n) is 11.2. The number of rotatable bonds is 10. The first kappa shape index (κ1) is 26.5. The van der Waals surface area contributed by atoms with E-state index in [2.05, 4.69) is 4.72 Å². The van der Waals surface area contributed by atoms with Crippen molar-refractivity contribution < 1.29 is 32.2 Å². The molecule has 0 aliphatic carbocycles. The van der Waals surface area contributed by atoms with Crippen LogP contribution in [0.15, 0.2) is 53.4 Å². The average molecular weight is 506 g/mol. The predicted octanol–water partition coefficient (Wildman–Crippen LogP) is 1.57. The number of carbonyl (C=O) groups is 2. The van der Waals surface area contributed by atoms with Crippen LogP contribution in [0.3, 0.4) is 0 Å². The number of ether oxygens (including phenoxy) is 3. The van der Waals surface area contributed by atoms with Gasteiger partial charge in [0, 0.05) is 52.3 Å². The van der Waals surface area contributed by atoms with E-state index in [-0.39, 0.29) is 24.0 Å². The molecule has 1 amide bonds. The molecule has 35 heavy (non-hydrogen) atoms. The minimum Gasteiger partial charge on any atom is -0.495 e. The minimum absolute atomic E-state index is 0.113. The van der Waals surface area contributed by atoms with E-state index in [1.54, 1.807) is 41.3 Å². The van der Waals surface area contributed by atoms with Gasteiger partial charge in [-0.3, -0.25) is 9.59 Å². The van der Waals surface area contributed by atoms with E-state index < -0.39 is 22.1 Å². The summed E-state index contributed by atoms with van der Waals surface area (Å²) in [6.07, 6.45) is -1.01. The third-order valence-electron chi connectivity index (χ3n) is 5.60. The predicted molar refractivity (Wildman–Crippen MR) is 130 cm³/mol. The number of amides is 1. The van der Waals surface area contributed by atoms with Crippen molar-refractivity contribution in [1.29, 1.82) is 0 Å². The number of carbonyl (C=O) groups excluding carboxylic acids is 2. The monoisotopic (exact) mass is 505 g/mol. The number of nitrogens with one attached hydrogen (secondary N) is 1. The molecular weight excluding hydrogens is 474 g/mol. The van der Waals surface area contributed by atoms with Gasteiger partial charge in [-0.1, -0.05) is 30.3 Å². The second-order valence-corrected chi connectivity index (χ2v) is 9.70. The number of hydrogen-bond acceptors (Lipinski definition) is 8. The van der Waals surface area contributed by atoms with Gasteiger partial charge < -0.3 is 24.0 Å². The molecule has 0 radical (unpaired) electrons. The highest BCUT2D eigenvalue weighted by Crippen LogP contribution is 2.32. The molecule has 10 nitrogen and oxygen atoms in total. The Balaban J connectivity index is 1.75. The van der Waals surface area contributed by atoms with E-state index in [1.165, 1.54) is 27.2 Å². The van der Waals surface area contributed by atoms with E-state index in [9.17, 15) is 18.0 Å². The Morgan fingerprint density at radius 2 is 1.71 bits per heavy atom. The van der Waals surface area contributed by atoms with Gasteiger partial charge in [0.2, 0.25) is 16.1 Å². The third kappa shape index (κ3) is 6.71. The average Bonchev–Trinajstić information content (AvgIpc) is 2.87. The maximum absolute atomic E-state index is 13.2. The Kier molecular flexibility index (Phi) is 9.07. The summed E-state index contributed by atoms with van der Waals surface area (Å²) in [4.78, 5) is 28.6. The lowest BCUT2D eigenvalue weighted by atomic mass is 10.1. The van der Waals surface area contributed by atoms with Crippen LogP contribution in [0.4, 0.5) is 5.69 Å². The summed E-state index contributed by atoms with van der Waals surface area (Å²) in [7, 11) is -0.702. The molecule has 1 fully saturated rings. The number of benzene rings is 2. The summed E-state index contributed by atoms with van der Waals surface area (Å²) < 4.78 is 43.5. The SMILES string of the molecule is COCCNS(=O)(=O)c1ccc(OC)c(N2CCN(C(=O)[C@@H](OC(C)=O)c3ccccc3)CC2)c1. The second kappa shape index (κ2) is 12.0. The summed E-state index contributed by atoms with van der Waals surface area (Å²) in [6, 6.07) is 13.6. The van der Waals surface area contributed by atoms with Gasteiger partial charge in [-0.25, -0.2) is 13.1 Å². The molecule has 0 bridgehead atoms. The van der Waals surface area contributed by atoms with Gasteiger partial charge in [0.1, 0.15) is 5.75 Å². The molecule has 1 heterocycles. The molecular formula is C24H31N3O7S. The van der Waals surface area contributed by atoms with E-state index in [0.717, 1.165) is 0 Å². The molecule has 0 unspecified atom stereocenters. The van der Waals surface area contributed by atoms with Gasteiger partial charge in [0.05, 0.1) is 24.3 Å². The van der Waals surface area contributed by atoms with Crippen LogP contribution in [0.5, 0.6) is 5.75 Å². The molecule has 0 saturated carbocycles. The molecule has 1 aliphatic rings. The number of sulfonamides is 1. The van der Waals surface area contributed by atoms with Crippen LogP contribution in [0.25, 0.3) is 0 Å². The maximum Gasteiger partial charge on any atom is 0.303 e. The van der Waals surface area contributed by atoms with Gasteiger partial charge in [0.15, 0.2) is 0 Å². The zero-order valence-electron chi connectivity index (χ0n) is 20.1. The molecule has 1 N–H and O–H groups in total. The highest BCUT2D eigenvalue weighted by atomic mass is 32.2. The number of esters is 1. The summed E-state index contributed by atoms with van der Waals surface area (Å²) >= 11 is 0. The summed E-state index contributed by atoms with van der Waals surface area (Å²) in [5.41, 5.74) is 1.23. The van der Waals surface area contributed by atoms with Crippen LogP contribution < -0.4 is 14.4 Å². The molecule has 1 aliphatic heterocycles. The molecule has 190 valence electrons. The number of piperazine rings is 1. The maximum atomic E-state index is 13.2. The van der Waals surface area contributed by atoms with Crippen molar-refractivity contribution >= 4 is 27.6 Å². The van der Waals surface area contributed by atoms with E-state index in [4.69, 9.17) is 14.2 Å². The minimum atomic E-state index is -3.72. The summed E-state index contributed by atoms with van der Waals surface area (Å²) in [6.45, 7) is 3.33. The topological polar surface area (TPSA) is 114 Å². The Morgan fingerprint density at radius 1 is 1.03 bits per heavy atom. The smallest absolute Gasteiger partial charge is 0.303 e. The van der Waals surface area contributed by atoms with Gasteiger partial charge >= 0.3 is 5.97 Å². The molecule has 11 heteroatoms. The number of hydrogen-bond donors (Lipinski definition) is 1. The lowest BCUT2D eigenvalue weighted by molar-refractivity contribution is -0.159. The fourth-order valence-electron chi connectivity index (χ4n) is 3.83. The molecule has 0 spiro atoms. The van der Waals surface area contributed by atoms with Crippen molar-refractivity contribution in [1.82, 2.24) is 9.62 Å². The van der Waals surface area contributed by atoms with Crippen molar-refractivity contribution in [3.05, 3.63) is 54.1 Å². The second-order valence-electron chi connectivity index (χ2n) is 7.94. The molecule has 2 aromatic rings. The Morgan fingerprint density at radius 3 is 2.31 bits per heavy atom.